The normalized spacial score (nSPS) is 10.4. The molecule has 0 bridgehead atoms. The molecule has 0 spiro atoms. The van der Waals surface area contributed by atoms with Gasteiger partial charge in [0, 0.05) is 11.1 Å². The molecule has 2 N–H and O–H groups in total. The Morgan fingerprint density at radius 2 is 1.84 bits per heavy atom. The first-order valence-electron chi connectivity index (χ1n) is 7.60. The summed E-state index contributed by atoms with van der Waals surface area (Å²) in [7, 11) is 0. The second kappa shape index (κ2) is 9.07. The highest BCUT2D eigenvalue weighted by Gasteiger charge is 2.06. The summed E-state index contributed by atoms with van der Waals surface area (Å²) in [5.74, 6) is -0.394. The molecule has 0 saturated heterocycles. The van der Waals surface area contributed by atoms with Gasteiger partial charge in [-0.1, -0.05) is 12.1 Å². The zero-order chi connectivity index (χ0) is 18.1. The molecular formula is C18H18N2O5. The lowest BCUT2D eigenvalue weighted by atomic mass is 10.2. The molecule has 7 nitrogen and oxygen atoms in total. The van der Waals surface area contributed by atoms with Crippen molar-refractivity contribution in [1.82, 2.24) is 5.43 Å². The number of amides is 1. The van der Waals surface area contributed by atoms with E-state index in [0.717, 1.165) is 0 Å². The molecule has 0 aliphatic carbocycles. The summed E-state index contributed by atoms with van der Waals surface area (Å²) in [6.07, 6.45) is 1.39. The van der Waals surface area contributed by atoms with E-state index >= 15 is 0 Å². The predicted molar refractivity (Wildman–Crippen MR) is 92.2 cm³/mol. The van der Waals surface area contributed by atoms with Crippen molar-refractivity contribution in [2.45, 2.75) is 6.92 Å². The van der Waals surface area contributed by atoms with Gasteiger partial charge in [-0.05, 0) is 43.3 Å². The minimum absolute atomic E-state index is 0.365. The zero-order valence-corrected chi connectivity index (χ0v) is 13.6. The van der Waals surface area contributed by atoms with Crippen LogP contribution in [0.2, 0.25) is 0 Å². The van der Waals surface area contributed by atoms with E-state index in [1.165, 1.54) is 6.21 Å². The Hall–Kier alpha value is -3.35. The fourth-order valence-corrected chi connectivity index (χ4v) is 1.95. The molecule has 0 radical (unpaired) electrons. The predicted octanol–water partition coefficient (Wildman–Crippen LogP) is 2.31. The SMILES string of the molecule is CCOc1ccc(C(=O)N/N=C\c2ccccc2OCC(=O)O)cc1. The van der Waals surface area contributed by atoms with Crippen molar-refractivity contribution in [3.63, 3.8) is 0 Å². The molecule has 2 aromatic rings. The maximum Gasteiger partial charge on any atom is 0.341 e. The van der Waals surface area contributed by atoms with Gasteiger partial charge in [0.25, 0.3) is 5.91 Å². The van der Waals surface area contributed by atoms with Crippen LogP contribution >= 0.6 is 0 Å². The van der Waals surface area contributed by atoms with Gasteiger partial charge in [0.2, 0.25) is 0 Å². The first-order chi connectivity index (χ1) is 12.1. The van der Waals surface area contributed by atoms with Gasteiger partial charge in [-0.2, -0.15) is 5.10 Å². The number of carbonyl (C=O) groups is 2. The number of rotatable bonds is 8. The Bertz CT molecular complexity index is 756. The van der Waals surface area contributed by atoms with Crippen LogP contribution in [0.15, 0.2) is 53.6 Å². The number of carboxylic acid groups (broad SMARTS) is 1. The van der Waals surface area contributed by atoms with Crippen LogP contribution in [-0.4, -0.2) is 36.4 Å². The summed E-state index contributed by atoms with van der Waals surface area (Å²) in [5, 5.41) is 12.6. The first-order valence-corrected chi connectivity index (χ1v) is 7.60. The van der Waals surface area contributed by atoms with Gasteiger partial charge in [0.05, 0.1) is 12.8 Å². The number of hydrazone groups is 1. The van der Waals surface area contributed by atoms with Crippen LogP contribution in [-0.2, 0) is 4.79 Å². The summed E-state index contributed by atoms with van der Waals surface area (Å²) in [4.78, 5) is 22.6. The van der Waals surface area contributed by atoms with Crippen LogP contribution in [0.4, 0.5) is 0 Å². The van der Waals surface area contributed by atoms with Crippen molar-refractivity contribution in [2.75, 3.05) is 13.2 Å². The smallest absolute Gasteiger partial charge is 0.341 e. The summed E-state index contributed by atoms with van der Waals surface area (Å²) in [6, 6.07) is 13.5. The molecule has 25 heavy (non-hydrogen) atoms. The Balaban J connectivity index is 1.98. The Morgan fingerprint density at radius 3 is 2.52 bits per heavy atom. The van der Waals surface area contributed by atoms with Crippen LogP contribution in [0.3, 0.4) is 0 Å². The van der Waals surface area contributed by atoms with Gasteiger partial charge >= 0.3 is 5.97 Å². The molecular weight excluding hydrogens is 324 g/mol. The number of benzene rings is 2. The molecule has 0 atom stereocenters. The number of nitrogens with zero attached hydrogens (tertiary/aromatic N) is 1. The first kappa shape index (κ1) is 18.0. The molecule has 1 amide bonds. The second-order valence-corrected chi connectivity index (χ2v) is 4.88. The number of hydrogen-bond acceptors (Lipinski definition) is 5. The number of nitrogens with one attached hydrogen (secondary N) is 1. The average Bonchev–Trinajstić information content (AvgIpc) is 2.61. The zero-order valence-electron chi connectivity index (χ0n) is 13.6. The molecule has 0 saturated carbocycles. The molecule has 2 rings (SSSR count). The van der Waals surface area contributed by atoms with E-state index in [2.05, 4.69) is 10.5 Å². The number of aliphatic carboxylic acids is 1. The fourth-order valence-electron chi connectivity index (χ4n) is 1.95. The number of hydrogen-bond donors (Lipinski definition) is 2. The lowest BCUT2D eigenvalue weighted by molar-refractivity contribution is -0.139. The van der Waals surface area contributed by atoms with Gasteiger partial charge in [-0.3, -0.25) is 4.79 Å². The van der Waals surface area contributed by atoms with Crippen LogP contribution in [0.25, 0.3) is 0 Å². The van der Waals surface area contributed by atoms with Crippen LogP contribution in [0, 0.1) is 0 Å². The molecule has 0 fully saturated rings. The molecule has 0 aromatic heterocycles. The van der Waals surface area contributed by atoms with E-state index in [1.807, 2.05) is 6.92 Å². The van der Waals surface area contributed by atoms with Gasteiger partial charge in [0.15, 0.2) is 6.61 Å². The Labute approximate surface area is 144 Å². The van der Waals surface area contributed by atoms with Crippen molar-refractivity contribution in [1.29, 1.82) is 0 Å². The molecule has 0 aliphatic heterocycles. The fraction of sp³-hybridized carbons (Fsp3) is 0.167. The quantitative estimate of drug-likeness (QED) is 0.567. The maximum atomic E-state index is 12.0. The van der Waals surface area contributed by atoms with Gasteiger partial charge in [-0.15, -0.1) is 0 Å². The van der Waals surface area contributed by atoms with Gasteiger partial charge in [0.1, 0.15) is 11.5 Å². The van der Waals surface area contributed by atoms with E-state index in [0.29, 0.717) is 29.2 Å². The third kappa shape index (κ3) is 5.65. The molecule has 2 aromatic carbocycles. The lowest BCUT2D eigenvalue weighted by Gasteiger charge is -2.06. The average molecular weight is 342 g/mol. The number of para-hydroxylation sites is 1. The highest BCUT2D eigenvalue weighted by molar-refractivity contribution is 5.95. The number of ether oxygens (including phenoxy) is 2. The molecule has 0 heterocycles. The van der Waals surface area contributed by atoms with Gasteiger partial charge in [-0.25, -0.2) is 10.2 Å². The molecule has 0 unspecified atom stereocenters. The molecule has 7 heteroatoms. The van der Waals surface area contributed by atoms with E-state index < -0.39 is 12.6 Å². The summed E-state index contributed by atoms with van der Waals surface area (Å²) >= 11 is 0. The standard InChI is InChI=1S/C18H18N2O5/c1-2-24-15-9-7-13(8-10-15)18(23)20-19-11-14-5-3-4-6-16(14)25-12-17(21)22/h3-11H,2,12H2,1H3,(H,20,23)(H,21,22)/b19-11-. The summed E-state index contributed by atoms with van der Waals surface area (Å²) in [5.41, 5.74) is 3.40. The minimum atomic E-state index is -1.07. The van der Waals surface area contributed by atoms with E-state index in [4.69, 9.17) is 14.6 Å². The van der Waals surface area contributed by atoms with Crippen molar-refractivity contribution in [3.05, 3.63) is 59.7 Å². The Kier molecular flexibility index (Phi) is 6.53. The van der Waals surface area contributed by atoms with E-state index in [-0.39, 0.29) is 5.91 Å². The summed E-state index contributed by atoms with van der Waals surface area (Å²) < 4.78 is 10.5. The topological polar surface area (TPSA) is 97.2 Å². The van der Waals surface area contributed by atoms with Crippen molar-refractivity contribution in [3.8, 4) is 11.5 Å². The van der Waals surface area contributed by atoms with E-state index in [9.17, 15) is 9.59 Å². The van der Waals surface area contributed by atoms with E-state index in [1.54, 1.807) is 48.5 Å². The second-order valence-electron chi connectivity index (χ2n) is 4.88. The van der Waals surface area contributed by atoms with Crippen molar-refractivity contribution < 1.29 is 24.2 Å². The monoisotopic (exact) mass is 342 g/mol. The van der Waals surface area contributed by atoms with Crippen LogP contribution in [0.5, 0.6) is 11.5 Å². The molecule has 130 valence electrons. The van der Waals surface area contributed by atoms with Gasteiger partial charge < -0.3 is 14.6 Å². The third-order valence-electron chi connectivity index (χ3n) is 3.07. The Morgan fingerprint density at radius 1 is 1.12 bits per heavy atom. The largest absolute Gasteiger partial charge is 0.494 e. The van der Waals surface area contributed by atoms with Crippen LogP contribution < -0.4 is 14.9 Å². The molecule has 0 aliphatic rings. The third-order valence-corrected chi connectivity index (χ3v) is 3.07. The lowest BCUT2D eigenvalue weighted by Crippen LogP contribution is -2.17. The number of carboxylic acids is 1. The highest BCUT2D eigenvalue weighted by atomic mass is 16.5. The van der Waals surface area contributed by atoms with Crippen molar-refractivity contribution in [2.24, 2.45) is 5.10 Å². The van der Waals surface area contributed by atoms with Crippen molar-refractivity contribution >= 4 is 18.1 Å². The highest BCUT2D eigenvalue weighted by Crippen LogP contribution is 2.16. The van der Waals surface area contributed by atoms with Crippen LogP contribution in [0.1, 0.15) is 22.8 Å². The minimum Gasteiger partial charge on any atom is -0.494 e. The maximum absolute atomic E-state index is 12.0. The number of carbonyl (C=O) groups excluding carboxylic acids is 1. The summed E-state index contributed by atoms with van der Waals surface area (Å²) in [6.45, 7) is 1.98.